The monoisotopic (exact) mass is 287 g/mol. The number of rotatable bonds is 3. The number of carbonyl (C=O) groups is 2. The first-order chi connectivity index (χ1) is 9.99. The molecule has 112 valence electrons. The van der Waals surface area contributed by atoms with E-state index in [4.69, 9.17) is 0 Å². The number of amides is 1. The molecule has 0 spiro atoms. The van der Waals surface area contributed by atoms with E-state index in [1.165, 1.54) is 11.0 Å². The van der Waals surface area contributed by atoms with E-state index < -0.39 is 12.0 Å². The van der Waals surface area contributed by atoms with Gasteiger partial charge >= 0.3 is 5.97 Å². The molecule has 1 aliphatic heterocycles. The Hall–Kier alpha value is -2.10. The molecule has 0 radical (unpaired) electrons. The highest BCUT2D eigenvalue weighted by atomic mass is 16.4. The zero-order valence-corrected chi connectivity index (χ0v) is 12.5. The number of carbonyl (C=O) groups excluding carboxylic acids is 1. The van der Waals surface area contributed by atoms with Crippen LogP contribution in [0.2, 0.25) is 0 Å². The molecule has 0 bridgehead atoms. The van der Waals surface area contributed by atoms with Gasteiger partial charge in [-0.1, -0.05) is 36.8 Å². The lowest BCUT2D eigenvalue weighted by Crippen LogP contribution is -2.51. The lowest BCUT2D eigenvalue weighted by Gasteiger charge is -2.36. The molecule has 1 amide bonds. The molecule has 4 heteroatoms. The number of aliphatic carboxylic acids is 1. The van der Waals surface area contributed by atoms with Crippen molar-refractivity contribution in [1.82, 2.24) is 4.90 Å². The van der Waals surface area contributed by atoms with Crippen LogP contribution in [0.15, 0.2) is 30.3 Å². The van der Waals surface area contributed by atoms with E-state index in [1.54, 1.807) is 6.08 Å². The Labute approximate surface area is 125 Å². The van der Waals surface area contributed by atoms with Crippen LogP contribution in [0.4, 0.5) is 0 Å². The molecule has 1 heterocycles. The first-order valence-electron chi connectivity index (χ1n) is 7.27. The highest BCUT2D eigenvalue weighted by Gasteiger charge is 2.36. The molecule has 1 N–H and O–H groups in total. The van der Waals surface area contributed by atoms with Crippen LogP contribution in [0.1, 0.15) is 30.9 Å². The van der Waals surface area contributed by atoms with Gasteiger partial charge in [0.05, 0.1) is 0 Å². The maximum absolute atomic E-state index is 12.3. The summed E-state index contributed by atoms with van der Waals surface area (Å²) in [6.45, 7) is 4.40. The van der Waals surface area contributed by atoms with Crippen molar-refractivity contribution >= 4 is 18.0 Å². The Bertz CT molecular complexity index is 565. The van der Waals surface area contributed by atoms with Gasteiger partial charge in [0.15, 0.2) is 0 Å². The fraction of sp³-hybridized carbons (Fsp3) is 0.412. The second-order valence-corrected chi connectivity index (χ2v) is 5.68. The molecule has 1 aromatic rings. The van der Waals surface area contributed by atoms with Crippen LogP contribution < -0.4 is 0 Å². The predicted molar refractivity (Wildman–Crippen MR) is 81.7 cm³/mol. The Balaban J connectivity index is 2.13. The third-order valence-corrected chi connectivity index (χ3v) is 3.93. The zero-order valence-electron chi connectivity index (χ0n) is 12.5. The number of likely N-dealkylation sites (tertiary alicyclic amines) is 1. The molecule has 2 atom stereocenters. The number of nitrogens with zero attached hydrogens (tertiary/aromatic N) is 1. The minimum Gasteiger partial charge on any atom is -0.480 e. The molecule has 1 saturated heterocycles. The van der Waals surface area contributed by atoms with Crippen molar-refractivity contribution in [1.29, 1.82) is 0 Å². The second kappa shape index (κ2) is 6.57. The summed E-state index contributed by atoms with van der Waals surface area (Å²) in [6, 6.07) is 7.11. The standard InChI is InChI=1S/C17H21NO3/c1-12-5-3-7-14(11-12)8-9-15(19)18-10-4-6-13(2)16(18)17(20)21/h3,5,7-9,11,13,16H,4,6,10H2,1-2H3,(H,20,21)/b9-8+. The molecule has 0 aromatic heterocycles. The van der Waals surface area contributed by atoms with Crippen molar-refractivity contribution in [3.05, 3.63) is 41.5 Å². The van der Waals surface area contributed by atoms with Gasteiger partial charge in [-0.25, -0.2) is 4.79 Å². The van der Waals surface area contributed by atoms with Crippen molar-refractivity contribution in [2.45, 2.75) is 32.7 Å². The molecule has 21 heavy (non-hydrogen) atoms. The number of hydrogen-bond donors (Lipinski definition) is 1. The van der Waals surface area contributed by atoms with Gasteiger partial charge in [0, 0.05) is 12.6 Å². The van der Waals surface area contributed by atoms with Gasteiger partial charge in [-0.05, 0) is 37.3 Å². The molecule has 0 aliphatic carbocycles. The predicted octanol–water partition coefficient (Wildman–Crippen LogP) is 2.72. The summed E-state index contributed by atoms with van der Waals surface area (Å²) in [6.07, 6.45) is 4.92. The second-order valence-electron chi connectivity index (χ2n) is 5.68. The quantitative estimate of drug-likeness (QED) is 0.870. The molecule has 1 aromatic carbocycles. The molecule has 2 rings (SSSR count). The Morgan fingerprint density at radius 3 is 2.81 bits per heavy atom. The van der Waals surface area contributed by atoms with Crippen molar-refractivity contribution in [2.24, 2.45) is 5.92 Å². The van der Waals surface area contributed by atoms with Crippen molar-refractivity contribution < 1.29 is 14.7 Å². The summed E-state index contributed by atoms with van der Waals surface area (Å²) in [7, 11) is 0. The average Bonchev–Trinajstić information content (AvgIpc) is 2.44. The number of aryl methyl sites for hydroxylation is 1. The van der Waals surface area contributed by atoms with E-state index >= 15 is 0 Å². The van der Waals surface area contributed by atoms with Gasteiger partial charge in [0.1, 0.15) is 6.04 Å². The van der Waals surface area contributed by atoms with Crippen molar-refractivity contribution in [2.75, 3.05) is 6.54 Å². The normalized spacial score (nSPS) is 22.5. The summed E-state index contributed by atoms with van der Waals surface area (Å²) < 4.78 is 0. The largest absolute Gasteiger partial charge is 0.480 e. The number of benzene rings is 1. The molecule has 1 aliphatic rings. The highest BCUT2D eigenvalue weighted by Crippen LogP contribution is 2.24. The Morgan fingerprint density at radius 2 is 2.14 bits per heavy atom. The highest BCUT2D eigenvalue weighted by molar-refractivity contribution is 5.94. The van der Waals surface area contributed by atoms with Crippen LogP contribution in [0.3, 0.4) is 0 Å². The third kappa shape index (κ3) is 3.72. The SMILES string of the molecule is Cc1cccc(/C=C/C(=O)N2CCCC(C)C2C(=O)O)c1. The van der Waals surface area contributed by atoms with Gasteiger partial charge in [0.25, 0.3) is 0 Å². The van der Waals surface area contributed by atoms with E-state index in [2.05, 4.69) is 0 Å². The van der Waals surface area contributed by atoms with E-state index in [1.807, 2.05) is 38.1 Å². The van der Waals surface area contributed by atoms with Crippen LogP contribution in [0.25, 0.3) is 6.08 Å². The van der Waals surface area contributed by atoms with Crippen molar-refractivity contribution in [3.63, 3.8) is 0 Å². The van der Waals surface area contributed by atoms with E-state index in [0.29, 0.717) is 6.54 Å². The fourth-order valence-electron chi connectivity index (χ4n) is 2.85. The summed E-state index contributed by atoms with van der Waals surface area (Å²) in [5.74, 6) is -1.15. The zero-order chi connectivity index (χ0) is 15.4. The summed E-state index contributed by atoms with van der Waals surface area (Å²) >= 11 is 0. The van der Waals surface area contributed by atoms with Gasteiger partial charge in [0.2, 0.25) is 5.91 Å². The van der Waals surface area contributed by atoms with Crippen LogP contribution >= 0.6 is 0 Å². The van der Waals surface area contributed by atoms with Gasteiger partial charge in [-0.3, -0.25) is 4.79 Å². The molecular formula is C17H21NO3. The van der Waals surface area contributed by atoms with Gasteiger partial charge in [-0.2, -0.15) is 0 Å². The van der Waals surface area contributed by atoms with E-state index in [-0.39, 0.29) is 11.8 Å². The first kappa shape index (κ1) is 15.3. The van der Waals surface area contributed by atoms with Crippen LogP contribution in [0.5, 0.6) is 0 Å². The fourth-order valence-corrected chi connectivity index (χ4v) is 2.85. The number of hydrogen-bond acceptors (Lipinski definition) is 2. The Kier molecular flexibility index (Phi) is 4.78. The van der Waals surface area contributed by atoms with Crippen molar-refractivity contribution in [3.8, 4) is 0 Å². The number of carboxylic acid groups (broad SMARTS) is 1. The van der Waals surface area contributed by atoms with Crippen LogP contribution in [0, 0.1) is 12.8 Å². The van der Waals surface area contributed by atoms with E-state index in [0.717, 1.165) is 24.0 Å². The van der Waals surface area contributed by atoms with Gasteiger partial charge in [-0.15, -0.1) is 0 Å². The van der Waals surface area contributed by atoms with E-state index in [9.17, 15) is 14.7 Å². The molecular weight excluding hydrogens is 266 g/mol. The molecule has 4 nitrogen and oxygen atoms in total. The number of carboxylic acids is 1. The lowest BCUT2D eigenvalue weighted by atomic mass is 9.90. The third-order valence-electron chi connectivity index (χ3n) is 3.93. The maximum Gasteiger partial charge on any atom is 0.326 e. The average molecular weight is 287 g/mol. The summed E-state index contributed by atoms with van der Waals surface area (Å²) in [5, 5.41) is 9.33. The van der Waals surface area contributed by atoms with Gasteiger partial charge < -0.3 is 10.0 Å². The first-order valence-corrected chi connectivity index (χ1v) is 7.27. The molecule has 1 fully saturated rings. The Morgan fingerprint density at radius 1 is 1.38 bits per heavy atom. The molecule has 2 unspecified atom stereocenters. The lowest BCUT2D eigenvalue weighted by molar-refractivity contribution is -0.152. The summed E-state index contributed by atoms with van der Waals surface area (Å²) in [5.41, 5.74) is 2.07. The number of piperidine rings is 1. The maximum atomic E-state index is 12.3. The smallest absolute Gasteiger partial charge is 0.326 e. The minimum absolute atomic E-state index is 0.00688. The summed E-state index contributed by atoms with van der Waals surface area (Å²) in [4.78, 5) is 25.1. The molecule has 0 saturated carbocycles. The van der Waals surface area contributed by atoms with Crippen LogP contribution in [-0.4, -0.2) is 34.5 Å². The topological polar surface area (TPSA) is 57.6 Å². The minimum atomic E-state index is -0.917. The van der Waals surface area contributed by atoms with Crippen LogP contribution in [-0.2, 0) is 9.59 Å².